The van der Waals surface area contributed by atoms with Gasteiger partial charge in [0.15, 0.2) is 0 Å². The Kier molecular flexibility index (Phi) is 11.9. The van der Waals surface area contributed by atoms with Crippen LogP contribution in [0, 0.1) is 10.8 Å². The van der Waals surface area contributed by atoms with Crippen LogP contribution in [0.1, 0.15) is 79.1 Å². The van der Waals surface area contributed by atoms with Gasteiger partial charge in [-0.3, -0.25) is 0 Å². The van der Waals surface area contributed by atoms with Crippen molar-refractivity contribution in [3.05, 3.63) is 60.7 Å². The van der Waals surface area contributed by atoms with Gasteiger partial charge in [-0.05, 0) is 26.7 Å². The first-order valence-corrected chi connectivity index (χ1v) is 15.1. The van der Waals surface area contributed by atoms with Crippen molar-refractivity contribution < 1.29 is 9.53 Å². The maximum absolute atomic E-state index is 11.2. The van der Waals surface area contributed by atoms with Crippen molar-refractivity contribution in [1.29, 1.82) is 0 Å². The van der Waals surface area contributed by atoms with E-state index in [0.717, 1.165) is 12.8 Å². The summed E-state index contributed by atoms with van der Waals surface area (Å²) < 4.78 is 7.27. The van der Waals surface area contributed by atoms with Gasteiger partial charge in [0.1, 0.15) is 0 Å². The lowest BCUT2D eigenvalue weighted by molar-refractivity contribution is 0.0269. The molecule has 33 heavy (non-hydrogen) atoms. The van der Waals surface area contributed by atoms with E-state index in [2.05, 4.69) is 115 Å². The molecule has 0 bridgehead atoms. The molecule has 2 aromatic rings. The lowest BCUT2D eigenvalue weighted by Gasteiger charge is -2.46. The zero-order valence-electron chi connectivity index (χ0n) is 20.8. The predicted molar refractivity (Wildman–Crippen MR) is 148 cm³/mol. The molecule has 0 spiro atoms. The van der Waals surface area contributed by atoms with E-state index in [-0.39, 0.29) is 11.1 Å². The minimum Gasteiger partial charge on any atom is -0.402 e. The van der Waals surface area contributed by atoms with E-state index >= 15 is 0 Å². The number of unbranched alkanes of at least 4 members (excludes halogenated alkanes) is 5. The molecule has 0 amide bonds. The van der Waals surface area contributed by atoms with Gasteiger partial charge in [0.25, 0.3) is 8.32 Å². The summed E-state index contributed by atoms with van der Waals surface area (Å²) in [6.45, 7) is 9.10. The molecule has 0 saturated heterocycles. The Hall–Kier alpha value is -1.38. The Morgan fingerprint density at radius 3 is 1.88 bits per heavy atom. The molecule has 1 N–H and O–H groups in total. The first kappa shape index (κ1) is 27.9. The van der Waals surface area contributed by atoms with Crippen molar-refractivity contribution in [1.82, 2.24) is 0 Å². The summed E-state index contributed by atoms with van der Waals surface area (Å²) in [6, 6.07) is 21.3. The topological polar surface area (TPSA) is 29.5 Å². The number of aliphatic hydroxyl groups is 1. The van der Waals surface area contributed by atoms with E-state index in [0.29, 0.717) is 6.42 Å². The van der Waals surface area contributed by atoms with Crippen LogP contribution < -0.4 is 10.4 Å². The quantitative estimate of drug-likeness (QED) is 0.176. The zero-order chi connectivity index (χ0) is 24.2. The van der Waals surface area contributed by atoms with Crippen molar-refractivity contribution in [2.75, 3.05) is 0 Å². The zero-order valence-corrected chi connectivity index (χ0v) is 23.4. The number of rotatable bonds is 13. The molecule has 0 aromatic heterocycles. The summed E-state index contributed by atoms with van der Waals surface area (Å²) in [5, 5.41) is 13.6. The smallest absolute Gasteiger partial charge is 0.261 e. The molecule has 2 rings (SSSR count). The molecule has 0 saturated carbocycles. The molecule has 0 heterocycles. The van der Waals surface area contributed by atoms with Gasteiger partial charge in [-0.1, -0.05) is 133 Å². The second-order valence-electron chi connectivity index (χ2n) is 9.92. The molecule has 2 nitrogen and oxygen atoms in total. The highest BCUT2D eigenvalue weighted by molar-refractivity contribution is 9.12. The lowest BCUT2D eigenvalue weighted by atomic mass is 10.0. The van der Waals surface area contributed by atoms with Gasteiger partial charge >= 0.3 is 0 Å². The van der Waals surface area contributed by atoms with Crippen molar-refractivity contribution in [2.24, 2.45) is 0 Å². The second-order valence-corrected chi connectivity index (χ2v) is 14.6. The number of hydrogen-bond acceptors (Lipinski definition) is 2. The molecule has 0 fully saturated rings. The number of aliphatic hydroxyl groups excluding tert-OH is 1. The molecular weight excluding hydrogens is 488 g/mol. The first-order chi connectivity index (χ1) is 15.9. The van der Waals surface area contributed by atoms with Crippen LogP contribution in [0.5, 0.6) is 0 Å². The maximum Gasteiger partial charge on any atom is 0.261 e. The van der Waals surface area contributed by atoms with E-state index in [4.69, 9.17) is 4.43 Å². The van der Waals surface area contributed by atoms with Crippen LogP contribution in [0.15, 0.2) is 60.7 Å². The minimum atomic E-state index is -2.72. The average Bonchev–Trinajstić information content (AvgIpc) is 2.82. The van der Waals surface area contributed by atoms with Crippen molar-refractivity contribution in [3.63, 3.8) is 0 Å². The highest BCUT2D eigenvalue weighted by atomic mass is 79.9. The SMILES string of the molecule is CCCCCCCC[C@@H](O[Si](c1ccccc1)(c1ccccc1)C(C)(C)C)[C@H](O)CC#CBr. The second kappa shape index (κ2) is 14.1. The third-order valence-electron chi connectivity index (χ3n) is 6.39. The summed E-state index contributed by atoms with van der Waals surface area (Å²) >= 11 is 3.18. The summed E-state index contributed by atoms with van der Waals surface area (Å²) in [5.74, 6) is 3.00. The standard InChI is InChI=1S/C29H41BrO2Si/c1-5-6-7-8-9-16-23-28(27(31)22-17-24-30)32-33(29(2,3)4,25-18-12-10-13-19-25)26-20-14-11-15-21-26/h10-15,18-21,27-28,31H,5-9,16,22-23H2,1-4H3/t27-,28-/m1/s1. The molecule has 2 aromatic carbocycles. The molecule has 0 aliphatic rings. The van der Waals surface area contributed by atoms with E-state index in [1.54, 1.807) is 0 Å². The third-order valence-corrected chi connectivity index (χ3v) is 11.7. The summed E-state index contributed by atoms with van der Waals surface area (Å²) in [4.78, 5) is 2.76. The maximum atomic E-state index is 11.2. The highest BCUT2D eigenvalue weighted by Gasteiger charge is 2.51. The summed E-state index contributed by atoms with van der Waals surface area (Å²) in [6.07, 6.45) is 7.71. The molecular formula is C29H41BrO2Si. The van der Waals surface area contributed by atoms with Crippen LogP contribution in [-0.2, 0) is 4.43 Å². The predicted octanol–water partition coefficient (Wildman–Crippen LogP) is 6.79. The van der Waals surface area contributed by atoms with E-state index < -0.39 is 14.4 Å². The van der Waals surface area contributed by atoms with Crippen LogP contribution >= 0.6 is 15.9 Å². The van der Waals surface area contributed by atoms with E-state index in [9.17, 15) is 5.11 Å². The van der Waals surface area contributed by atoms with E-state index in [1.165, 1.54) is 42.5 Å². The average molecular weight is 530 g/mol. The number of hydrogen-bond donors (Lipinski definition) is 1. The molecule has 0 aliphatic heterocycles. The fraction of sp³-hybridized carbons (Fsp3) is 0.517. The Labute approximate surface area is 211 Å². The van der Waals surface area contributed by atoms with Gasteiger partial charge in [0, 0.05) is 22.4 Å². The van der Waals surface area contributed by atoms with Gasteiger partial charge in [-0.25, -0.2) is 0 Å². The largest absolute Gasteiger partial charge is 0.402 e. The van der Waals surface area contributed by atoms with Crippen molar-refractivity contribution in [2.45, 2.75) is 96.3 Å². The Morgan fingerprint density at radius 2 is 1.39 bits per heavy atom. The normalized spacial score (nSPS) is 13.8. The molecule has 2 atom stereocenters. The van der Waals surface area contributed by atoms with Crippen LogP contribution in [0.25, 0.3) is 0 Å². The highest BCUT2D eigenvalue weighted by Crippen LogP contribution is 2.38. The molecule has 0 unspecified atom stereocenters. The van der Waals surface area contributed by atoms with Crippen LogP contribution in [0.2, 0.25) is 5.04 Å². The fourth-order valence-electron chi connectivity index (χ4n) is 4.65. The minimum absolute atomic E-state index is 0.115. The van der Waals surface area contributed by atoms with Gasteiger partial charge in [-0.15, -0.1) is 0 Å². The van der Waals surface area contributed by atoms with Crippen LogP contribution in [-0.4, -0.2) is 25.6 Å². The van der Waals surface area contributed by atoms with Crippen LogP contribution in [0.3, 0.4) is 0 Å². The lowest BCUT2D eigenvalue weighted by Crippen LogP contribution is -2.68. The summed E-state index contributed by atoms with van der Waals surface area (Å²) in [7, 11) is -2.72. The Morgan fingerprint density at radius 1 is 0.879 bits per heavy atom. The Bertz CT molecular complexity index is 812. The van der Waals surface area contributed by atoms with Gasteiger partial charge in [0.05, 0.1) is 12.2 Å². The molecule has 4 heteroatoms. The van der Waals surface area contributed by atoms with Gasteiger partial charge < -0.3 is 9.53 Å². The van der Waals surface area contributed by atoms with Crippen molar-refractivity contribution in [3.8, 4) is 10.8 Å². The van der Waals surface area contributed by atoms with Gasteiger partial charge in [0.2, 0.25) is 0 Å². The van der Waals surface area contributed by atoms with Crippen molar-refractivity contribution >= 4 is 34.6 Å². The summed E-state index contributed by atoms with van der Waals surface area (Å²) in [5.41, 5.74) is 0. The molecule has 0 radical (unpaired) electrons. The molecule has 0 aliphatic carbocycles. The molecule has 180 valence electrons. The van der Waals surface area contributed by atoms with Crippen LogP contribution in [0.4, 0.5) is 0 Å². The fourth-order valence-corrected chi connectivity index (χ4v) is 9.55. The van der Waals surface area contributed by atoms with Gasteiger partial charge in [-0.2, -0.15) is 0 Å². The number of benzene rings is 2. The third kappa shape index (κ3) is 7.82. The number of halogens is 1. The Balaban J connectivity index is 2.44. The van der Waals surface area contributed by atoms with E-state index in [1.807, 2.05) is 0 Å². The first-order valence-electron chi connectivity index (χ1n) is 12.4. The monoisotopic (exact) mass is 528 g/mol.